The van der Waals surface area contributed by atoms with Gasteiger partial charge in [-0.15, -0.1) is 0 Å². The summed E-state index contributed by atoms with van der Waals surface area (Å²) in [7, 11) is 0. The molecule has 2 nitrogen and oxygen atoms in total. The fourth-order valence-electron chi connectivity index (χ4n) is 3.10. The van der Waals surface area contributed by atoms with Crippen LogP contribution in [0.2, 0.25) is 5.02 Å². The van der Waals surface area contributed by atoms with E-state index in [4.69, 9.17) is 11.6 Å². The van der Waals surface area contributed by atoms with Crippen molar-refractivity contribution in [2.24, 2.45) is 0 Å². The summed E-state index contributed by atoms with van der Waals surface area (Å²) in [5.74, 6) is 0. The predicted octanol–water partition coefficient (Wildman–Crippen LogP) is 2.37. The van der Waals surface area contributed by atoms with Gasteiger partial charge in [0.2, 0.25) is 0 Å². The Labute approximate surface area is 102 Å². The van der Waals surface area contributed by atoms with E-state index in [2.05, 4.69) is 30.1 Å². The predicted molar refractivity (Wildman–Crippen MR) is 68.5 cm³/mol. The molecule has 3 heteroatoms. The van der Waals surface area contributed by atoms with Crippen molar-refractivity contribution in [3.8, 4) is 0 Å². The van der Waals surface area contributed by atoms with Gasteiger partial charge in [-0.2, -0.15) is 0 Å². The van der Waals surface area contributed by atoms with Gasteiger partial charge in [0.15, 0.2) is 0 Å². The maximum atomic E-state index is 6.23. The summed E-state index contributed by atoms with van der Waals surface area (Å²) >= 11 is 6.23. The molecule has 0 aliphatic carbocycles. The summed E-state index contributed by atoms with van der Waals surface area (Å²) in [6.45, 7) is 6.59. The van der Waals surface area contributed by atoms with Gasteiger partial charge in [0, 0.05) is 35.9 Å². The average Bonchev–Trinajstić information content (AvgIpc) is 2.64. The van der Waals surface area contributed by atoms with Crippen LogP contribution in [0.15, 0.2) is 12.1 Å². The van der Waals surface area contributed by atoms with Crippen molar-refractivity contribution in [1.29, 1.82) is 0 Å². The third-order valence-corrected chi connectivity index (χ3v) is 4.26. The van der Waals surface area contributed by atoms with E-state index in [-0.39, 0.29) is 0 Å². The van der Waals surface area contributed by atoms with Gasteiger partial charge in [-0.3, -0.25) is 0 Å². The lowest BCUT2D eigenvalue weighted by Crippen LogP contribution is -2.55. The first-order chi connectivity index (χ1) is 7.68. The molecule has 0 amide bonds. The smallest absolute Gasteiger partial charge is 0.0459 e. The normalized spacial score (nSPS) is 27.8. The Morgan fingerprint density at radius 2 is 2.19 bits per heavy atom. The summed E-state index contributed by atoms with van der Waals surface area (Å²) in [6, 6.07) is 5.41. The van der Waals surface area contributed by atoms with E-state index < -0.39 is 0 Å². The van der Waals surface area contributed by atoms with Gasteiger partial charge in [-0.25, -0.2) is 0 Å². The summed E-state index contributed by atoms with van der Waals surface area (Å²) in [5, 5.41) is 4.39. The number of benzene rings is 1. The number of halogens is 1. The molecule has 1 aromatic rings. The van der Waals surface area contributed by atoms with E-state index >= 15 is 0 Å². The SMILES string of the molecule is Cc1c(Cl)ccc2c1N1C(CNC[C@H]1C)C2. The van der Waals surface area contributed by atoms with E-state index in [1.807, 2.05) is 6.07 Å². The molecule has 0 spiro atoms. The average molecular weight is 237 g/mol. The highest BCUT2D eigenvalue weighted by Gasteiger charge is 2.36. The maximum Gasteiger partial charge on any atom is 0.0459 e. The van der Waals surface area contributed by atoms with E-state index in [0.29, 0.717) is 12.1 Å². The second kappa shape index (κ2) is 3.64. The van der Waals surface area contributed by atoms with Crippen LogP contribution < -0.4 is 10.2 Å². The second-order valence-electron chi connectivity index (χ2n) is 4.95. The van der Waals surface area contributed by atoms with Crippen molar-refractivity contribution in [2.75, 3.05) is 18.0 Å². The number of fused-ring (bicyclic) bond motifs is 3. The molecule has 0 aromatic heterocycles. The highest BCUT2D eigenvalue weighted by Crippen LogP contribution is 2.40. The molecule has 1 aromatic carbocycles. The van der Waals surface area contributed by atoms with Crippen LogP contribution in [0.5, 0.6) is 0 Å². The number of hydrogen-bond acceptors (Lipinski definition) is 2. The topological polar surface area (TPSA) is 15.3 Å². The molecule has 2 aliphatic heterocycles. The zero-order valence-corrected chi connectivity index (χ0v) is 10.5. The van der Waals surface area contributed by atoms with Crippen LogP contribution in [-0.2, 0) is 6.42 Å². The minimum absolute atomic E-state index is 0.567. The fourth-order valence-corrected chi connectivity index (χ4v) is 3.25. The molecule has 1 unspecified atom stereocenters. The minimum Gasteiger partial charge on any atom is -0.362 e. The molecular formula is C13H17ClN2. The minimum atomic E-state index is 0.567. The lowest BCUT2D eigenvalue weighted by Gasteiger charge is -2.39. The van der Waals surface area contributed by atoms with Gasteiger partial charge < -0.3 is 10.2 Å². The van der Waals surface area contributed by atoms with Crippen molar-refractivity contribution in [1.82, 2.24) is 5.32 Å². The third-order valence-electron chi connectivity index (χ3n) is 3.85. The molecule has 2 atom stereocenters. The summed E-state index contributed by atoms with van der Waals surface area (Å²) in [6.07, 6.45) is 1.16. The lowest BCUT2D eigenvalue weighted by molar-refractivity contribution is 0.429. The Hall–Kier alpha value is -0.730. The first-order valence-corrected chi connectivity index (χ1v) is 6.33. The summed E-state index contributed by atoms with van der Waals surface area (Å²) in [5.41, 5.74) is 4.10. The Balaban J connectivity index is 2.11. The zero-order valence-electron chi connectivity index (χ0n) is 9.76. The largest absolute Gasteiger partial charge is 0.362 e. The number of rotatable bonds is 0. The maximum absolute atomic E-state index is 6.23. The first kappa shape index (κ1) is 10.4. The Morgan fingerprint density at radius 1 is 1.38 bits per heavy atom. The van der Waals surface area contributed by atoms with Crippen LogP contribution in [0.1, 0.15) is 18.1 Å². The summed E-state index contributed by atoms with van der Waals surface area (Å²) in [4.78, 5) is 2.56. The van der Waals surface area contributed by atoms with Crippen molar-refractivity contribution in [2.45, 2.75) is 32.4 Å². The molecular weight excluding hydrogens is 220 g/mol. The van der Waals surface area contributed by atoms with E-state index in [1.54, 1.807) is 0 Å². The molecule has 0 saturated carbocycles. The molecule has 0 radical (unpaired) electrons. The Bertz CT molecular complexity index is 430. The van der Waals surface area contributed by atoms with Gasteiger partial charge in [-0.1, -0.05) is 17.7 Å². The Morgan fingerprint density at radius 3 is 3.00 bits per heavy atom. The standard InChI is InChI=1S/C13H17ClN2/c1-8-6-15-7-11-5-10-3-4-12(14)9(2)13(10)16(8)11/h3-4,8,11,15H,5-7H2,1-2H3/t8-,11?/m1/s1. The van der Waals surface area contributed by atoms with Crippen molar-refractivity contribution < 1.29 is 0 Å². The van der Waals surface area contributed by atoms with Crippen molar-refractivity contribution >= 4 is 17.3 Å². The summed E-state index contributed by atoms with van der Waals surface area (Å²) < 4.78 is 0. The molecule has 2 aliphatic rings. The molecule has 1 fully saturated rings. The molecule has 3 rings (SSSR count). The van der Waals surface area contributed by atoms with Crippen LogP contribution in [-0.4, -0.2) is 25.2 Å². The van der Waals surface area contributed by atoms with E-state index in [9.17, 15) is 0 Å². The van der Waals surface area contributed by atoms with Crippen LogP contribution >= 0.6 is 11.6 Å². The quantitative estimate of drug-likeness (QED) is 0.744. The number of nitrogens with zero attached hydrogens (tertiary/aromatic N) is 1. The number of anilines is 1. The molecule has 1 saturated heterocycles. The third kappa shape index (κ3) is 1.36. The first-order valence-electron chi connectivity index (χ1n) is 5.95. The molecule has 0 bridgehead atoms. The fraction of sp³-hybridized carbons (Fsp3) is 0.538. The van der Waals surface area contributed by atoms with Crippen LogP contribution in [0, 0.1) is 6.92 Å². The van der Waals surface area contributed by atoms with Crippen molar-refractivity contribution in [3.63, 3.8) is 0 Å². The molecule has 1 N–H and O–H groups in total. The zero-order chi connectivity index (χ0) is 11.3. The van der Waals surface area contributed by atoms with Crippen LogP contribution in [0.3, 0.4) is 0 Å². The van der Waals surface area contributed by atoms with Crippen molar-refractivity contribution in [3.05, 3.63) is 28.3 Å². The van der Waals surface area contributed by atoms with Gasteiger partial charge in [0.1, 0.15) is 0 Å². The van der Waals surface area contributed by atoms with Gasteiger partial charge in [-0.05, 0) is 37.5 Å². The number of nitrogens with one attached hydrogen (secondary N) is 1. The molecule has 2 heterocycles. The van der Waals surface area contributed by atoms with Gasteiger partial charge in [0.05, 0.1) is 0 Å². The Kier molecular flexibility index (Phi) is 2.37. The second-order valence-corrected chi connectivity index (χ2v) is 5.36. The monoisotopic (exact) mass is 236 g/mol. The van der Waals surface area contributed by atoms with Crippen LogP contribution in [0.25, 0.3) is 0 Å². The molecule has 16 heavy (non-hydrogen) atoms. The van der Waals surface area contributed by atoms with Gasteiger partial charge >= 0.3 is 0 Å². The number of piperazine rings is 1. The number of hydrogen-bond donors (Lipinski definition) is 1. The highest BCUT2D eigenvalue weighted by molar-refractivity contribution is 6.31. The van der Waals surface area contributed by atoms with Gasteiger partial charge in [0.25, 0.3) is 0 Å². The van der Waals surface area contributed by atoms with E-state index in [1.165, 1.54) is 16.8 Å². The molecule has 86 valence electrons. The lowest BCUT2D eigenvalue weighted by atomic mass is 10.1. The van der Waals surface area contributed by atoms with E-state index in [0.717, 1.165) is 24.5 Å². The van der Waals surface area contributed by atoms with Crippen LogP contribution in [0.4, 0.5) is 5.69 Å². The highest BCUT2D eigenvalue weighted by atomic mass is 35.5.